The number of allylic oxidation sites excluding steroid dienone is 1. The second kappa shape index (κ2) is 11.2. The van der Waals surface area contributed by atoms with Gasteiger partial charge in [0, 0.05) is 11.4 Å². The molecule has 1 unspecified atom stereocenters. The first kappa shape index (κ1) is 27.3. The lowest BCUT2D eigenvalue weighted by Crippen LogP contribution is -2.39. The number of alkyl halides is 3. The summed E-state index contributed by atoms with van der Waals surface area (Å²) in [6.45, 7) is 3.51. The highest BCUT2D eigenvalue weighted by atomic mass is 19.4. The average Bonchev–Trinajstić information content (AvgIpc) is 2.87. The van der Waals surface area contributed by atoms with Crippen molar-refractivity contribution >= 4 is 17.6 Å². The van der Waals surface area contributed by atoms with Gasteiger partial charge in [-0.05, 0) is 49.2 Å². The van der Waals surface area contributed by atoms with Crippen LogP contribution in [0, 0.1) is 11.3 Å². The summed E-state index contributed by atoms with van der Waals surface area (Å²) in [6, 6.07) is 12.6. The molecule has 0 aromatic heterocycles. The van der Waals surface area contributed by atoms with Crippen molar-refractivity contribution < 1.29 is 32.2 Å². The summed E-state index contributed by atoms with van der Waals surface area (Å²) < 4.78 is 50.8. The smallest absolute Gasteiger partial charge is 0.416 e. The molecule has 1 aliphatic heterocycles. The first-order valence-corrected chi connectivity index (χ1v) is 11.5. The Labute approximate surface area is 212 Å². The molecule has 0 saturated carbocycles. The zero-order chi connectivity index (χ0) is 27.3. The van der Waals surface area contributed by atoms with Crippen LogP contribution in [0.3, 0.4) is 0 Å². The number of rotatable bonds is 7. The van der Waals surface area contributed by atoms with Crippen LogP contribution in [0.25, 0.3) is 0 Å². The van der Waals surface area contributed by atoms with Crippen molar-refractivity contribution in [3.63, 3.8) is 0 Å². The highest BCUT2D eigenvalue weighted by Gasteiger charge is 2.42. The number of methoxy groups -OCH3 is 1. The molecule has 1 heterocycles. The minimum Gasteiger partial charge on any atom is -0.466 e. The number of ether oxygens (including phenoxy) is 2. The van der Waals surface area contributed by atoms with E-state index in [0.29, 0.717) is 17.5 Å². The number of nitrogens with two attached hydrogens (primary N) is 1. The third-order valence-corrected chi connectivity index (χ3v) is 5.98. The molecule has 0 radical (unpaired) electrons. The number of hydrogen-bond acceptors (Lipinski definition) is 7. The van der Waals surface area contributed by atoms with E-state index >= 15 is 0 Å². The molecule has 37 heavy (non-hydrogen) atoms. The predicted octanol–water partition coefficient (Wildman–Crippen LogP) is 5.14. The predicted molar refractivity (Wildman–Crippen MR) is 130 cm³/mol. The lowest BCUT2D eigenvalue weighted by molar-refractivity contribution is -0.140. The largest absolute Gasteiger partial charge is 0.466 e. The number of carbonyl (C=O) groups excluding carboxylic acids is 2. The van der Waals surface area contributed by atoms with Crippen LogP contribution in [-0.2, 0) is 25.2 Å². The van der Waals surface area contributed by atoms with Crippen molar-refractivity contribution in [1.29, 1.82) is 5.26 Å². The van der Waals surface area contributed by atoms with Crippen LogP contribution in [0.1, 0.15) is 49.3 Å². The molecular weight excluding hydrogens is 487 g/mol. The zero-order valence-electron chi connectivity index (χ0n) is 20.6. The summed E-state index contributed by atoms with van der Waals surface area (Å²) >= 11 is 0. The number of hydrogen-bond donors (Lipinski definition) is 1. The first-order chi connectivity index (χ1) is 17.5. The fourth-order valence-electron chi connectivity index (χ4n) is 4.15. The highest BCUT2D eigenvalue weighted by molar-refractivity contribution is 6.01. The molecule has 0 aliphatic carbocycles. The SMILES string of the molecule is CCCCOC(=O)C1=C(N)N(c2cccc(C(F)(F)F)c2)C(C)=C(C(=O)OC)C1c1ccc(C#N)cc1. The summed E-state index contributed by atoms with van der Waals surface area (Å²) in [7, 11) is 1.16. The number of nitriles is 1. The van der Waals surface area contributed by atoms with Crippen molar-refractivity contribution in [2.24, 2.45) is 5.73 Å². The quantitative estimate of drug-likeness (QED) is 0.404. The van der Waals surface area contributed by atoms with Crippen LogP contribution in [0.2, 0.25) is 0 Å². The number of unbranched alkanes of at least 4 members (excludes halogenated alkanes) is 1. The van der Waals surface area contributed by atoms with Crippen molar-refractivity contribution in [1.82, 2.24) is 0 Å². The van der Waals surface area contributed by atoms with Gasteiger partial charge in [0.05, 0.1) is 48.0 Å². The molecule has 3 rings (SSSR count). The fourth-order valence-corrected chi connectivity index (χ4v) is 4.15. The molecule has 0 spiro atoms. The number of halogens is 3. The van der Waals surface area contributed by atoms with Gasteiger partial charge >= 0.3 is 18.1 Å². The van der Waals surface area contributed by atoms with E-state index in [4.69, 9.17) is 15.2 Å². The molecule has 10 heteroatoms. The van der Waals surface area contributed by atoms with Gasteiger partial charge in [0.25, 0.3) is 0 Å². The van der Waals surface area contributed by atoms with Gasteiger partial charge in [-0.2, -0.15) is 18.4 Å². The van der Waals surface area contributed by atoms with Crippen LogP contribution >= 0.6 is 0 Å². The van der Waals surface area contributed by atoms with Gasteiger partial charge in [-0.15, -0.1) is 0 Å². The van der Waals surface area contributed by atoms with Crippen LogP contribution in [0.4, 0.5) is 18.9 Å². The van der Waals surface area contributed by atoms with E-state index in [1.807, 2.05) is 13.0 Å². The Morgan fingerprint density at radius 2 is 1.78 bits per heavy atom. The Morgan fingerprint density at radius 1 is 1.11 bits per heavy atom. The molecule has 2 aromatic rings. The Balaban J connectivity index is 2.29. The monoisotopic (exact) mass is 513 g/mol. The molecular formula is C27H26F3N3O4. The molecule has 2 aromatic carbocycles. The maximum absolute atomic E-state index is 13.5. The Hall–Kier alpha value is -4.26. The summed E-state index contributed by atoms with van der Waals surface area (Å²) in [6.07, 6.45) is -3.29. The summed E-state index contributed by atoms with van der Waals surface area (Å²) in [5.41, 5.74) is 6.43. The standard InChI is InChI=1S/C27H26F3N3O4/c1-4-5-13-37-26(35)23-22(18-11-9-17(15-31)10-12-18)21(25(34)36-3)16(2)33(24(23)32)20-8-6-7-19(14-20)27(28,29)30/h6-12,14,22H,4-5,13,32H2,1-3H3. The normalized spacial score (nSPS) is 15.9. The minimum atomic E-state index is -4.62. The summed E-state index contributed by atoms with van der Waals surface area (Å²) in [5, 5.41) is 9.18. The third-order valence-electron chi connectivity index (χ3n) is 5.98. The molecule has 194 valence electrons. The Morgan fingerprint density at radius 3 is 2.35 bits per heavy atom. The average molecular weight is 514 g/mol. The zero-order valence-corrected chi connectivity index (χ0v) is 20.6. The lowest BCUT2D eigenvalue weighted by Gasteiger charge is -2.37. The second-order valence-electron chi connectivity index (χ2n) is 8.33. The van der Waals surface area contributed by atoms with E-state index in [-0.39, 0.29) is 35.0 Å². The molecule has 0 amide bonds. The Kier molecular flexibility index (Phi) is 8.28. The van der Waals surface area contributed by atoms with Crippen LogP contribution in [0.5, 0.6) is 0 Å². The number of esters is 2. The van der Waals surface area contributed by atoms with Crippen molar-refractivity contribution in [3.05, 3.63) is 87.9 Å². The molecule has 2 N–H and O–H groups in total. The number of anilines is 1. The van der Waals surface area contributed by atoms with Gasteiger partial charge in [-0.1, -0.05) is 31.5 Å². The highest BCUT2D eigenvalue weighted by Crippen LogP contribution is 2.44. The summed E-state index contributed by atoms with van der Waals surface area (Å²) in [5.74, 6) is -2.84. The van der Waals surface area contributed by atoms with E-state index in [2.05, 4.69) is 0 Å². The number of benzene rings is 2. The van der Waals surface area contributed by atoms with Gasteiger partial charge in [0.2, 0.25) is 0 Å². The Bertz CT molecular complexity index is 1290. The van der Waals surface area contributed by atoms with Gasteiger partial charge in [0.1, 0.15) is 5.82 Å². The van der Waals surface area contributed by atoms with Gasteiger partial charge < -0.3 is 20.1 Å². The second-order valence-corrected chi connectivity index (χ2v) is 8.33. The van der Waals surface area contributed by atoms with Gasteiger partial charge in [-0.25, -0.2) is 9.59 Å². The van der Waals surface area contributed by atoms with E-state index in [0.717, 1.165) is 25.7 Å². The van der Waals surface area contributed by atoms with Gasteiger partial charge in [0.15, 0.2) is 0 Å². The van der Waals surface area contributed by atoms with E-state index < -0.39 is 29.6 Å². The van der Waals surface area contributed by atoms with Gasteiger partial charge in [-0.3, -0.25) is 0 Å². The maximum Gasteiger partial charge on any atom is 0.416 e. The van der Waals surface area contributed by atoms with Crippen molar-refractivity contribution in [2.45, 2.75) is 38.8 Å². The minimum absolute atomic E-state index is 0.00117. The third kappa shape index (κ3) is 5.61. The van der Waals surface area contributed by atoms with E-state index in [1.54, 1.807) is 12.1 Å². The first-order valence-electron chi connectivity index (χ1n) is 11.5. The fraction of sp³-hybridized carbons (Fsp3) is 0.296. The van der Waals surface area contributed by atoms with Crippen LogP contribution in [0.15, 0.2) is 71.2 Å². The topological polar surface area (TPSA) is 106 Å². The number of nitrogens with zero attached hydrogens (tertiary/aromatic N) is 2. The summed E-state index contributed by atoms with van der Waals surface area (Å²) in [4.78, 5) is 27.7. The molecule has 0 saturated heterocycles. The van der Waals surface area contributed by atoms with Crippen LogP contribution in [-0.4, -0.2) is 25.7 Å². The van der Waals surface area contributed by atoms with Crippen molar-refractivity contribution in [3.8, 4) is 6.07 Å². The van der Waals surface area contributed by atoms with Crippen molar-refractivity contribution in [2.75, 3.05) is 18.6 Å². The maximum atomic E-state index is 13.5. The molecule has 1 atom stereocenters. The van der Waals surface area contributed by atoms with E-state index in [9.17, 15) is 28.0 Å². The van der Waals surface area contributed by atoms with Crippen LogP contribution < -0.4 is 10.6 Å². The lowest BCUT2D eigenvalue weighted by atomic mass is 9.80. The molecule has 0 bridgehead atoms. The number of carbonyl (C=O) groups is 2. The molecule has 7 nitrogen and oxygen atoms in total. The van der Waals surface area contributed by atoms with E-state index in [1.165, 1.54) is 36.1 Å². The molecule has 1 aliphatic rings. The molecule has 0 fully saturated rings.